The van der Waals surface area contributed by atoms with Crippen molar-refractivity contribution in [3.8, 4) is 0 Å². The number of likely N-dealkylation sites (tertiary alicyclic amines) is 1. The Morgan fingerprint density at radius 1 is 0.976 bits per heavy atom. The second-order valence-electron chi connectivity index (χ2n) is 11.0. The van der Waals surface area contributed by atoms with Crippen molar-refractivity contribution < 1.29 is 27.6 Å². The quantitative estimate of drug-likeness (QED) is 0.358. The third-order valence-corrected chi connectivity index (χ3v) is 10.7. The van der Waals surface area contributed by atoms with Crippen LogP contribution in [0.5, 0.6) is 0 Å². The zero-order chi connectivity index (χ0) is 30.7. The number of rotatable bonds is 5. The Bertz CT molecular complexity index is 1790. The van der Waals surface area contributed by atoms with Gasteiger partial charge < -0.3 is 11.1 Å². The van der Waals surface area contributed by atoms with Crippen LogP contribution in [0.2, 0.25) is 0 Å². The monoisotopic (exact) mass is 629 g/mol. The molecule has 0 bridgehead atoms. The molecule has 42 heavy (non-hydrogen) atoms. The van der Waals surface area contributed by atoms with Crippen LogP contribution in [-0.2, 0) is 36.4 Å². The molecule has 1 fully saturated rings. The molecule has 220 valence electrons. The number of carbonyl (C=O) groups excluding carboxylic acids is 4. The first kappa shape index (κ1) is 29.7. The summed E-state index contributed by atoms with van der Waals surface area (Å²) < 4.78 is 24.2. The fourth-order valence-corrected chi connectivity index (χ4v) is 8.38. The number of primary amides is 1. The maximum Gasteiger partial charge on any atom is 0.328 e. The number of benzene rings is 2. The molecule has 0 saturated carbocycles. The van der Waals surface area contributed by atoms with Gasteiger partial charge in [-0.2, -0.15) is 4.90 Å². The van der Waals surface area contributed by atoms with Gasteiger partial charge in [0.2, 0.25) is 21.8 Å². The van der Waals surface area contributed by atoms with Crippen LogP contribution in [0.25, 0.3) is 0 Å². The molecule has 2 aromatic carbocycles. The molecule has 1 saturated heterocycles. The Morgan fingerprint density at radius 2 is 1.60 bits per heavy atom. The zero-order valence-corrected chi connectivity index (χ0v) is 25.1. The molecule has 12 nitrogen and oxygen atoms in total. The van der Waals surface area contributed by atoms with Crippen molar-refractivity contribution in [2.45, 2.75) is 53.8 Å². The molecule has 2 aliphatic heterocycles. The number of nitrogens with zero attached hydrogens (tertiary/aromatic N) is 2. The Balaban J connectivity index is 1.52. The molecule has 1 aromatic heterocycles. The van der Waals surface area contributed by atoms with Gasteiger partial charge in [-0.3, -0.25) is 23.7 Å². The van der Waals surface area contributed by atoms with Crippen molar-refractivity contribution in [3.05, 3.63) is 74.2 Å². The highest BCUT2D eigenvalue weighted by atomic mass is 32.2. The van der Waals surface area contributed by atoms with Crippen LogP contribution in [0.4, 0.5) is 10.5 Å². The maximum atomic E-state index is 13.4. The molecule has 5 rings (SSSR count). The van der Waals surface area contributed by atoms with E-state index in [4.69, 9.17) is 10.9 Å². The molecule has 2 aliphatic rings. The van der Waals surface area contributed by atoms with E-state index in [1.165, 1.54) is 28.8 Å². The molecule has 3 heterocycles. The normalized spacial score (nSPS) is 20.3. The van der Waals surface area contributed by atoms with E-state index in [0.29, 0.717) is 20.4 Å². The molecule has 2 unspecified atom stereocenters. The number of amides is 5. The minimum Gasteiger partial charge on any atom is -0.351 e. The summed E-state index contributed by atoms with van der Waals surface area (Å²) in [4.78, 5) is 65.2. The van der Waals surface area contributed by atoms with Crippen LogP contribution >= 0.6 is 23.1 Å². The second kappa shape index (κ2) is 10.5. The Labute approximate surface area is 249 Å². The molecule has 5 N–H and O–H groups in total. The highest BCUT2D eigenvalue weighted by Crippen LogP contribution is 2.53. The predicted octanol–water partition coefficient (Wildman–Crippen LogP) is 2.16. The zero-order valence-electron chi connectivity index (χ0n) is 22.7. The smallest absolute Gasteiger partial charge is 0.328 e. The number of sulfonamides is 1. The lowest BCUT2D eigenvalue weighted by atomic mass is 9.81. The molecule has 3 atom stereocenters. The summed E-state index contributed by atoms with van der Waals surface area (Å²) in [6.45, 7) is 5.76. The van der Waals surface area contributed by atoms with Crippen molar-refractivity contribution in [2.24, 2.45) is 16.8 Å². The van der Waals surface area contributed by atoms with Gasteiger partial charge in [0.15, 0.2) is 0 Å². The van der Waals surface area contributed by atoms with E-state index in [0.717, 1.165) is 28.7 Å². The average molecular weight is 630 g/mol. The van der Waals surface area contributed by atoms with Gasteiger partial charge in [-0.15, -0.1) is 0 Å². The van der Waals surface area contributed by atoms with Crippen molar-refractivity contribution in [3.63, 3.8) is 0 Å². The summed E-state index contributed by atoms with van der Waals surface area (Å²) in [5.41, 5.74) is 7.24. The van der Waals surface area contributed by atoms with Crippen LogP contribution in [-0.4, -0.2) is 46.9 Å². The van der Waals surface area contributed by atoms with Gasteiger partial charge in [-0.1, -0.05) is 68.1 Å². The van der Waals surface area contributed by atoms with E-state index < -0.39 is 62.3 Å². The van der Waals surface area contributed by atoms with E-state index >= 15 is 0 Å². The van der Waals surface area contributed by atoms with Crippen LogP contribution in [0.15, 0.2) is 63.2 Å². The summed E-state index contributed by atoms with van der Waals surface area (Å²) in [5.74, 6) is -3.78. The standard InChI is InChI=1S/C27H27N5O7S3/c1-27(2,3)14-6-4-13(5-7-14)18-19-20(23(35)32(22(19)34)25(28)36)40-24-21(18)41-26(37)31(24)12-17(33)30-15-8-10-16(11-9-15)42(29,38)39/h4-11,18-20H,12H2,1-3H3,(H2,28,36)(H,30,33)(H2,29,38,39)/t18-,19?,20?/m0/s1. The first-order valence-corrected chi connectivity index (χ1v) is 15.9. The Hall–Kier alpha value is -3.79. The third-order valence-electron chi connectivity index (χ3n) is 7.17. The summed E-state index contributed by atoms with van der Waals surface area (Å²) in [7, 11) is -3.91. The minimum absolute atomic E-state index is 0.128. The molecule has 0 spiro atoms. The van der Waals surface area contributed by atoms with Crippen molar-refractivity contribution in [1.29, 1.82) is 0 Å². The average Bonchev–Trinajstić information content (AvgIpc) is 3.34. The molecule has 0 aliphatic carbocycles. The number of fused-ring (bicyclic) bond motifs is 2. The summed E-state index contributed by atoms with van der Waals surface area (Å²) in [6.07, 6.45) is 0. The fraction of sp³-hybridized carbons (Fsp3) is 0.296. The Kier molecular flexibility index (Phi) is 7.41. The van der Waals surface area contributed by atoms with Gasteiger partial charge >= 0.3 is 10.9 Å². The van der Waals surface area contributed by atoms with Crippen LogP contribution in [0.1, 0.15) is 42.7 Å². The van der Waals surface area contributed by atoms with E-state index in [1.54, 1.807) is 0 Å². The van der Waals surface area contributed by atoms with Crippen molar-refractivity contribution >= 4 is 62.6 Å². The molecule has 0 radical (unpaired) electrons. The minimum atomic E-state index is -3.91. The number of primary sulfonamides is 1. The van der Waals surface area contributed by atoms with Crippen LogP contribution < -0.4 is 21.1 Å². The van der Waals surface area contributed by atoms with Crippen LogP contribution in [0.3, 0.4) is 0 Å². The second-order valence-corrected chi connectivity index (χ2v) is 14.7. The van der Waals surface area contributed by atoms with Gasteiger partial charge in [-0.25, -0.2) is 18.4 Å². The van der Waals surface area contributed by atoms with Gasteiger partial charge in [0.25, 0.3) is 5.91 Å². The number of nitrogens with one attached hydrogen (secondary N) is 1. The topological polar surface area (TPSA) is 192 Å². The molecule has 3 aromatic rings. The van der Waals surface area contributed by atoms with Gasteiger partial charge in [0, 0.05) is 16.5 Å². The predicted molar refractivity (Wildman–Crippen MR) is 157 cm³/mol. The van der Waals surface area contributed by atoms with Gasteiger partial charge in [0.1, 0.15) is 11.8 Å². The highest BCUT2D eigenvalue weighted by molar-refractivity contribution is 8.00. The van der Waals surface area contributed by atoms with Gasteiger partial charge in [0.05, 0.1) is 15.8 Å². The van der Waals surface area contributed by atoms with E-state index in [2.05, 4.69) is 26.1 Å². The molecule has 15 heteroatoms. The lowest BCUT2D eigenvalue weighted by Crippen LogP contribution is -2.41. The molecule has 5 amide bonds. The fourth-order valence-electron chi connectivity index (χ4n) is 5.09. The van der Waals surface area contributed by atoms with E-state index in [9.17, 15) is 32.4 Å². The van der Waals surface area contributed by atoms with E-state index in [-0.39, 0.29) is 16.0 Å². The Morgan fingerprint density at radius 3 is 2.14 bits per heavy atom. The van der Waals surface area contributed by atoms with Gasteiger partial charge in [-0.05, 0) is 40.8 Å². The van der Waals surface area contributed by atoms with Crippen molar-refractivity contribution in [2.75, 3.05) is 5.32 Å². The summed E-state index contributed by atoms with van der Waals surface area (Å²) >= 11 is 1.83. The number of anilines is 1. The number of hydrogen-bond donors (Lipinski definition) is 3. The SMILES string of the molecule is CC(C)(C)c1ccc([C@@H]2c3sc(=O)n(CC(=O)Nc4ccc(S(N)(=O)=O)cc4)c3SC3C(=O)N(C(N)=O)C(=O)C32)cc1. The lowest BCUT2D eigenvalue weighted by Gasteiger charge is -2.31. The highest BCUT2D eigenvalue weighted by Gasteiger charge is 2.57. The number of thioether (sulfide) groups is 1. The number of aromatic nitrogens is 1. The molecular weight excluding hydrogens is 603 g/mol. The largest absolute Gasteiger partial charge is 0.351 e. The number of carbonyl (C=O) groups is 4. The number of hydrogen-bond acceptors (Lipinski definition) is 9. The lowest BCUT2D eigenvalue weighted by molar-refractivity contribution is -0.135. The first-order valence-electron chi connectivity index (χ1n) is 12.7. The summed E-state index contributed by atoms with van der Waals surface area (Å²) in [6, 6.07) is 11.6. The molecular formula is C27H27N5O7S3. The number of urea groups is 1. The number of nitrogens with two attached hydrogens (primary N) is 2. The number of imide groups is 3. The maximum absolute atomic E-state index is 13.4. The van der Waals surface area contributed by atoms with Crippen LogP contribution in [0, 0.1) is 5.92 Å². The van der Waals surface area contributed by atoms with Crippen molar-refractivity contribution in [1.82, 2.24) is 9.47 Å². The third kappa shape index (κ3) is 5.28. The summed E-state index contributed by atoms with van der Waals surface area (Å²) in [5, 5.41) is 7.04. The first-order chi connectivity index (χ1) is 19.6. The van der Waals surface area contributed by atoms with E-state index in [1.807, 2.05) is 24.3 Å². The number of thiazole rings is 1.